The Balaban J connectivity index is 1.92. The number of methoxy groups -OCH3 is 1. The average molecular weight is 305 g/mol. The van der Waals surface area contributed by atoms with Gasteiger partial charge in [0.05, 0.1) is 7.11 Å². The van der Waals surface area contributed by atoms with Crippen LogP contribution in [0.5, 0.6) is 5.75 Å². The normalized spacial score (nSPS) is 14.5. The Kier molecular flexibility index (Phi) is 4.98. The minimum absolute atomic E-state index is 0.0204. The van der Waals surface area contributed by atoms with Gasteiger partial charge in [-0.05, 0) is 12.1 Å². The first-order chi connectivity index (χ1) is 10.5. The van der Waals surface area contributed by atoms with E-state index >= 15 is 0 Å². The highest BCUT2D eigenvalue weighted by molar-refractivity contribution is 6.39. The van der Waals surface area contributed by atoms with Crippen molar-refractivity contribution >= 4 is 23.4 Å². The smallest absolute Gasteiger partial charge is 0.313 e. The van der Waals surface area contributed by atoms with Gasteiger partial charge >= 0.3 is 11.8 Å². The summed E-state index contributed by atoms with van der Waals surface area (Å²) in [6.45, 7) is 3.13. The van der Waals surface area contributed by atoms with E-state index in [0.29, 0.717) is 37.6 Å². The molecule has 0 aliphatic carbocycles. The van der Waals surface area contributed by atoms with Crippen molar-refractivity contribution in [2.45, 2.75) is 6.92 Å². The summed E-state index contributed by atoms with van der Waals surface area (Å²) in [5.74, 6) is -0.705. The van der Waals surface area contributed by atoms with Gasteiger partial charge in [0.15, 0.2) is 0 Å². The molecule has 1 heterocycles. The zero-order chi connectivity index (χ0) is 16.1. The molecule has 3 amide bonds. The second-order valence-electron chi connectivity index (χ2n) is 4.98. The van der Waals surface area contributed by atoms with Gasteiger partial charge in [0.25, 0.3) is 0 Å². The number of ether oxygens (including phenoxy) is 1. The number of rotatable bonds is 2. The largest absolute Gasteiger partial charge is 0.497 e. The number of carbonyl (C=O) groups is 3. The van der Waals surface area contributed by atoms with Crippen molar-refractivity contribution in [2.75, 3.05) is 38.6 Å². The molecular weight excluding hydrogens is 286 g/mol. The van der Waals surface area contributed by atoms with Crippen LogP contribution in [0.25, 0.3) is 0 Å². The van der Waals surface area contributed by atoms with Crippen LogP contribution in [0.1, 0.15) is 6.92 Å². The van der Waals surface area contributed by atoms with Gasteiger partial charge < -0.3 is 19.9 Å². The summed E-state index contributed by atoms with van der Waals surface area (Å²) in [5.41, 5.74) is 0.500. The van der Waals surface area contributed by atoms with E-state index in [9.17, 15) is 14.4 Å². The van der Waals surface area contributed by atoms with Gasteiger partial charge in [-0.25, -0.2) is 0 Å². The summed E-state index contributed by atoms with van der Waals surface area (Å²) in [4.78, 5) is 38.5. The Morgan fingerprint density at radius 2 is 1.73 bits per heavy atom. The van der Waals surface area contributed by atoms with Gasteiger partial charge in [0, 0.05) is 44.9 Å². The van der Waals surface area contributed by atoms with Crippen LogP contribution in [0.2, 0.25) is 0 Å². The number of carbonyl (C=O) groups excluding carboxylic acids is 3. The van der Waals surface area contributed by atoms with Crippen LogP contribution >= 0.6 is 0 Å². The lowest BCUT2D eigenvalue weighted by Crippen LogP contribution is -2.52. The molecule has 1 saturated heterocycles. The summed E-state index contributed by atoms with van der Waals surface area (Å²) >= 11 is 0. The Morgan fingerprint density at radius 1 is 1.09 bits per heavy atom. The van der Waals surface area contributed by atoms with Gasteiger partial charge in [-0.3, -0.25) is 14.4 Å². The number of nitrogens with zero attached hydrogens (tertiary/aromatic N) is 2. The Bertz CT molecular complexity index is 580. The van der Waals surface area contributed by atoms with E-state index < -0.39 is 11.8 Å². The van der Waals surface area contributed by atoms with Gasteiger partial charge in [0.2, 0.25) is 5.91 Å². The summed E-state index contributed by atoms with van der Waals surface area (Å²) in [6.07, 6.45) is 0. The fraction of sp³-hybridized carbons (Fsp3) is 0.400. The summed E-state index contributed by atoms with van der Waals surface area (Å²) in [6, 6.07) is 6.79. The van der Waals surface area contributed by atoms with E-state index in [2.05, 4.69) is 5.32 Å². The fourth-order valence-electron chi connectivity index (χ4n) is 2.25. The van der Waals surface area contributed by atoms with E-state index in [1.54, 1.807) is 29.2 Å². The van der Waals surface area contributed by atoms with Crippen LogP contribution in [0.15, 0.2) is 24.3 Å². The van der Waals surface area contributed by atoms with Crippen molar-refractivity contribution < 1.29 is 19.1 Å². The quantitative estimate of drug-likeness (QED) is 0.798. The third kappa shape index (κ3) is 3.75. The van der Waals surface area contributed by atoms with E-state index in [-0.39, 0.29) is 5.91 Å². The molecular formula is C15H19N3O4. The number of hydrogen-bond donors (Lipinski definition) is 1. The van der Waals surface area contributed by atoms with Crippen LogP contribution in [-0.4, -0.2) is 60.8 Å². The predicted molar refractivity (Wildman–Crippen MR) is 80.5 cm³/mol. The molecule has 7 heteroatoms. The maximum Gasteiger partial charge on any atom is 0.313 e. The molecule has 0 spiro atoms. The molecule has 0 saturated carbocycles. The van der Waals surface area contributed by atoms with Crippen molar-refractivity contribution in [3.05, 3.63) is 24.3 Å². The predicted octanol–water partition coefficient (Wildman–Crippen LogP) is 0.324. The number of amides is 3. The first-order valence-corrected chi connectivity index (χ1v) is 7.01. The van der Waals surface area contributed by atoms with Crippen molar-refractivity contribution in [3.8, 4) is 5.75 Å². The van der Waals surface area contributed by atoms with Crippen molar-refractivity contribution in [2.24, 2.45) is 0 Å². The molecule has 0 bridgehead atoms. The maximum atomic E-state index is 12.1. The third-order valence-electron chi connectivity index (χ3n) is 3.53. The molecule has 1 aromatic carbocycles. The zero-order valence-corrected chi connectivity index (χ0v) is 12.7. The molecule has 118 valence electrons. The molecule has 0 atom stereocenters. The maximum absolute atomic E-state index is 12.1. The van der Waals surface area contributed by atoms with Crippen LogP contribution in [0, 0.1) is 0 Å². The minimum Gasteiger partial charge on any atom is -0.497 e. The topological polar surface area (TPSA) is 79.0 Å². The van der Waals surface area contributed by atoms with E-state index in [0.717, 1.165) is 0 Å². The fourth-order valence-corrected chi connectivity index (χ4v) is 2.25. The molecule has 0 radical (unpaired) electrons. The molecule has 1 N–H and O–H groups in total. The molecule has 1 aliphatic rings. The molecule has 1 aliphatic heterocycles. The van der Waals surface area contributed by atoms with Gasteiger partial charge in [-0.2, -0.15) is 0 Å². The summed E-state index contributed by atoms with van der Waals surface area (Å²) in [7, 11) is 1.53. The first kappa shape index (κ1) is 15.8. The highest BCUT2D eigenvalue weighted by Gasteiger charge is 2.26. The molecule has 0 unspecified atom stereocenters. The number of anilines is 1. The van der Waals surface area contributed by atoms with Crippen LogP contribution in [0.3, 0.4) is 0 Å². The second-order valence-corrected chi connectivity index (χ2v) is 4.98. The molecule has 1 fully saturated rings. The number of nitrogens with one attached hydrogen (secondary N) is 1. The van der Waals surface area contributed by atoms with E-state index in [1.807, 2.05) is 0 Å². The Labute approximate surface area is 128 Å². The standard InChI is InChI=1S/C15H19N3O4/c1-11(19)17-6-8-18(9-7-17)15(21)14(20)16-12-4-3-5-13(10-12)22-2/h3-5,10H,6-9H2,1-2H3,(H,16,20). The first-order valence-electron chi connectivity index (χ1n) is 7.01. The molecule has 7 nitrogen and oxygen atoms in total. The minimum atomic E-state index is -0.690. The molecule has 1 aromatic rings. The average Bonchev–Trinajstić information content (AvgIpc) is 2.54. The van der Waals surface area contributed by atoms with Crippen LogP contribution in [0.4, 0.5) is 5.69 Å². The monoisotopic (exact) mass is 305 g/mol. The number of hydrogen-bond acceptors (Lipinski definition) is 4. The summed E-state index contributed by atoms with van der Waals surface area (Å²) < 4.78 is 5.06. The lowest BCUT2D eigenvalue weighted by Gasteiger charge is -2.33. The van der Waals surface area contributed by atoms with E-state index in [1.165, 1.54) is 18.9 Å². The second kappa shape index (κ2) is 6.93. The number of benzene rings is 1. The molecule has 22 heavy (non-hydrogen) atoms. The van der Waals surface area contributed by atoms with Gasteiger partial charge in [-0.1, -0.05) is 6.07 Å². The third-order valence-corrected chi connectivity index (χ3v) is 3.53. The Morgan fingerprint density at radius 3 is 2.32 bits per heavy atom. The van der Waals surface area contributed by atoms with Crippen LogP contribution in [-0.2, 0) is 14.4 Å². The lowest BCUT2D eigenvalue weighted by atomic mass is 10.2. The highest BCUT2D eigenvalue weighted by atomic mass is 16.5. The van der Waals surface area contributed by atoms with Crippen molar-refractivity contribution in [1.29, 1.82) is 0 Å². The van der Waals surface area contributed by atoms with Crippen molar-refractivity contribution in [3.63, 3.8) is 0 Å². The van der Waals surface area contributed by atoms with Gasteiger partial charge in [-0.15, -0.1) is 0 Å². The van der Waals surface area contributed by atoms with Crippen molar-refractivity contribution in [1.82, 2.24) is 9.80 Å². The van der Waals surface area contributed by atoms with Crippen LogP contribution < -0.4 is 10.1 Å². The van der Waals surface area contributed by atoms with E-state index in [4.69, 9.17) is 4.74 Å². The zero-order valence-electron chi connectivity index (χ0n) is 12.7. The summed E-state index contributed by atoms with van der Waals surface area (Å²) in [5, 5.41) is 2.56. The highest BCUT2D eigenvalue weighted by Crippen LogP contribution is 2.16. The number of piperazine rings is 1. The molecule has 0 aromatic heterocycles. The van der Waals surface area contributed by atoms with Gasteiger partial charge in [0.1, 0.15) is 5.75 Å². The Hall–Kier alpha value is -2.57. The molecule has 2 rings (SSSR count). The lowest BCUT2D eigenvalue weighted by molar-refractivity contribution is -0.145. The SMILES string of the molecule is COc1cccc(NC(=O)C(=O)N2CCN(C(C)=O)CC2)c1.